The molecule has 1 rings (SSSR count). The number of rotatable bonds is 17. The van der Waals surface area contributed by atoms with Crippen molar-refractivity contribution in [2.45, 2.75) is 144 Å². The highest BCUT2D eigenvalue weighted by atomic mass is 32.2. The third kappa shape index (κ3) is 14.2. The van der Waals surface area contributed by atoms with E-state index in [9.17, 15) is 9.59 Å². The molecule has 0 aromatic rings. The second-order valence-corrected chi connectivity index (χ2v) is 16.2. The van der Waals surface area contributed by atoms with Crippen molar-refractivity contribution in [3.63, 3.8) is 0 Å². The Labute approximate surface area is 262 Å². The van der Waals surface area contributed by atoms with Crippen molar-refractivity contribution < 1.29 is 19.1 Å². The Morgan fingerprint density at radius 1 is 1.10 bits per heavy atom. The van der Waals surface area contributed by atoms with Gasteiger partial charge in [-0.3, -0.25) is 4.79 Å². The molecule has 1 saturated heterocycles. The highest BCUT2D eigenvalue weighted by Crippen LogP contribution is 2.42. The molecule has 1 aliphatic heterocycles. The summed E-state index contributed by atoms with van der Waals surface area (Å²) in [7, 11) is 0. The Morgan fingerprint density at radius 3 is 2.38 bits per heavy atom. The Morgan fingerprint density at radius 2 is 1.76 bits per heavy atom. The van der Waals surface area contributed by atoms with Gasteiger partial charge in [-0.25, -0.2) is 4.79 Å². The van der Waals surface area contributed by atoms with Crippen LogP contribution in [0.1, 0.15) is 121 Å². The molecule has 3 atom stereocenters. The van der Waals surface area contributed by atoms with Crippen LogP contribution in [0.2, 0.25) is 0 Å². The third-order valence-corrected chi connectivity index (χ3v) is 10.6. The lowest BCUT2D eigenvalue weighted by molar-refractivity contribution is -0.121. The van der Waals surface area contributed by atoms with E-state index in [2.05, 4.69) is 97.5 Å². The van der Waals surface area contributed by atoms with Crippen LogP contribution in [-0.4, -0.2) is 59.9 Å². The van der Waals surface area contributed by atoms with Gasteiger partial charge in [0.1, 0.15) is 11.4 Å². The van der Waals surface area contributed by atoms with Gasteiger partial charge < -0.3 is 25.4 Å². The Hall–Kier alpha value is -1.63. The summed E-state index contributed by atoms with van der Waals surface area (Å²) >= 11 is 1.92. The maximum Gasteiger partial charge on any atom is 0.315 e. The molecule has 0 aliphatic carbocycles. The molecule has 0 aromatic heterocycles. The van der Waals surface area contributed by atoms with Gasteiger partial charge >= 0.3 is 6.03 Å². The molecule has 1 fully saturated rings. The van der Waals surface area contributed by atoms with Crippen LogP contribution in [0.3, 0.4) is 0 Å². The molecular formula is C34H63N3O4S. The van der Waals surface area contributed by atoms with Gasteiger partial charge in [0, 0.05) is 54.5 Å². The average Bonchev–Trinajstić information content (AvgIpc) is 2.85. The van der Waals surface area contributed by atoms with E-state index in [1.54, 1.807) is 0 Å². The zero-order valence-electron chi connectivity index (χ0n) is 28.8. The Balaban J connectivity index is 2.33. The predicted molar refractivity (Wildman–Crippen MR) is 178 cm³/mol. The smallest absolute Gasteiger partial charge is 0.315 e. The van der Waals surface area contributed by atoms with Crippen LogP contribution in [0.4, 0.5) is 4.79 Å². The molecule has 0 radical (unpaired) electrons. The van der Waals surface area contributed by atoms with Gasteiger partial charge in [-0.1, -0.05) is 66.7 Å². The quantitative estimate of drug-likeness (QED) is 0.0898. The number of hydrogen-bond acceptors (Lipinski definition) is 5. The molecule has 0 spiro atoms. The lowest BCUT2D eigenvalue weighted by Gasteiger charge is -2.44. The normalized spacial score (nSPS) is 19.5. The summed E-state index contributed by atoms with van der Waals surface area (Å²) in [6, 6.07) is 0.114. The van der Waals surface area contributed by atoms with Gasteiger partial charge in [-0.05, 0) is 65.7 Å². The van der Waals surface area contributed by atoms with Gasteiger partial charge in [-0.15, -0.1) is 0 Å². The zero-order chi connectivity index (χ0) is 32.2. The molecule has 7 nitrogen and oxygen atoms in total. The van der Waals surface area contributed by atoms with E-state index in [-0.39, 0.29) is 40.3 Å². The highest BCUT2D eigenvalue weighted by molar-refractivity contribution is 8.00. The highest BCUT2D eigenvalue weighted by Gasteiger charge is 2.41. The Bertz CT molecular complexity index is 903. The molecule has 1 aliphatic rings. The van der Waals surface area contributed by atoms with E-state index in [0.717, 1.165) is 50.0 Å². The van der Waals surface area contributed by atoms with Crippen LogP contribution < -0.4 is 16.0 Å². The van der Waals surface area contributed by atoms with E-state index in [1.165, 1.54) is 0 Å². The third-order valence-electron chi connectivity index (χ3n) is 9.01. The lowest BCUT2D eigenvalue weighted by Crippen LogP contribution is -2.46. The standard InChI is InChI=1S/C34H63N3O4S/c1-13-28(26(3)31(4,5)6)41-34(11,12)32(7,8)20-22-40-33(9,10)19-21-35-29(38)18-16-14-15-17-27-23-36-30(39)37-25(2)24-42-27/h25-27H,1,14-24H2,2-12H3,(H,35,38)(H2,36,37,39). The molecule has 244 valence electrons. The summed E-state index contributed by atoms with van der Waals surface area (Å²) in [4.78, 5) is 24.1. The SMILES string of the molecule is C=C=C(OC(C)(C)C(C)(C)CCOC(C)(C)CCNC(=O)CCCCCC1CNC(=O)NC(C)CS1)C(C)C(C)(C)C. The summed E-state index contributed by atoms with van der Waals surface area (Å²) in [5, 5.41) is 9.38. The second-order valence-electron chi connectivity index (χ2n) is 14.9. The van der Waals surface area contributed by atoms with Crippen molar-refractivity contribution in [3.05, 3.63) is 18.1 Å². The molecule has 42 heavy (non-hydrogen) atoms. The van der Waals surface area contributed by atoms with E-state index in [1.807, 2.05) is 18.7 Å². The van der Waals surface area contributed by atoms with Crippen LogP contribution in [0.5, 0.6) is 0 Å². The predicted octanol–water partition coefficient (Wildman–Crippen LogP) is 7.60. The first-order chi connectivity index (χ1) is 19.3. The maximum absolute atomic E-state index is 12.4. The minimum absolute atomic E-state index is 0.0639. The number of unbranched alkanes of at least 4 members (excludes halogenated alkanes) is 2. The average molecular weight is 610 g/mol. The van der Waals surface area contributed by atoms with Crippen molar-refractivity contribution >= 4 is 23.7 Å². The van der Waals surface area contributed by atoms with Crippen LogP contribution in [0, 0.1) is 16.7 Å². The van der Waals surface area contributed by atoms with Crippen LogP contribution >= 0.6 is 11.8 Å². The largest absolute Gasteiger partial charge is 0.483 e. The topological polar surface area (TPSA) is 88.7 Å². The van der Waals surface area contributed by atoms with Gasteiger partial charge in [0.2, 0.25) is 5.91 Å². The minimum Gasteiger partial charge on any atom is -0.483 e. The molecule has 3 amide bonds. The number of urea groups is 1. The van der Waals surface area contributed by atoms with E-state index < -0.39 is 5.60 Å². The van der Waals surface area contributed by atoms with Crippen molar-refractivity contribution in [1.82, 2.24) is 16.0 Å². The first kappa shape index (κ1) is 38.4. The summed E-state index contributed by atoms with van der Waals surface area (Å²) in [6.07, 6.45) is 6.19. The number of nitrogens with one attached hydrogen (secondary N) is 3. The molecule has 8 heteroatoms. The van der Waals surface area contributed by atoms with Crippen molar-refractivity contribution in [3.8, 4) is 0 Å². The van der Waals surface area contributed by atoms with E-state index >= 15 is 0 Å². The van der Waals surface area contributed by atoms with E-state index in [0.29, 0.717) is 31.4 Å². The molecule has 3 unspecified atom stereocenters. The van der Waals surface area contributed by atoms with Crippen LogP contribution in [0.15, 0.2) is 18.1 Å². The number of thioether (sulfide) groups is 1. The number of allylic oxidation sites excluding steroid dienone is 1. The Kier molecular flexibility index (Phi) is 15.6. The fourth-order valence-electron chi connectivity index (χ4n) is 4.51. The van der Waals surface area contributed by atoms with E-state index in [4.69, 9.17) is 9.47 Å². The summed E-state index contributed by atoms with van der Waals surface area (Å²) in [5.74, 6) is 2.07. The monoisotopic (exact) mass is 609 g/mol. The maximum atomic E-state index is 12.4. The molecular weight excluding hydrogens is 546 g/mol. The van der Waals surface area contributed by atoms with Gasteiger partial charge in [0.15, 0.2) is 0 Å². The number of ether oxygens (including phenoxy) is 2. The lowest BCUT2D eigenvalue weighted by atomic mass is 9.74. The van der Waals surface area contributed by atoms with Crippen molar-refractivity contribution in [2.24, 2.45) is 16.7 Å². The second kappa shape index (κ2) is 17.0. The minimum atomic E-state index is -0.423. The number of hydrogen-bond donors (Lipinski definition) is 3. The first-order valence-corrected chi connectivity index (χ1v) is 17.0. The van der Waals surface area contributed by atoms with Gasteiger partial charge in [0.25, 0.3) is 0 Å². The summed E-state index contributed by atoms with van der Waals surface area (Å²) in [6.45, 7) is 29.5. The van der Waals surface area contributed by atoms with Gasteiger partial charge in [-0.2, -0.15) is 11.8 Å². The van der Waals surface area contributed by atoms with Crippen LogP contribution in [0.25, 0.3) is 0 Å². The molecule has 0 saturated carbocycles. The number of carbonyl (C=O) groups is 2. The summed E-state index contributed by atoms with van der Waals surface area (Å²) < 4.78 is 12.8. The first-order valence-electron chi connectivity index (χ1n) is 16.0. The molecule has 0 aromatic carbocycles. The van der Waals surface area contributed by atoms with Crippen molar-refractivity contribution in [2.75, 3.05) is 25.4 Å². The molecule has 3 N–H and O–H groups in total. The number of carbonyl (C=O) groups excluding carboxylic acids is 2. The molecule has 1 heterocycles. The van der Waals surface area contributed by atoms with Crippen LogP contribution in [-0.2, 0) is 14.3 Å². The van der Waals surface area contributed by atoms with Crippen molar-refractivity contribution in [1.29, 1.82) is 0 Å². The molecule has 0 bridgehead atoms. The zero-order valence-corrected chi connectivity index (χ0v) is 29.6. The number of amides is 3. The van der Waals surface area contributed by atoms with Gasteiger partial charge in [0.05, 0.1) is 5.60 Å². The fourth-order valence-corrected chi connectivity index (χ4v) is 5.69. The fraction of sp³-hybridized carbons (Fsp3) is 0.853. The summed E-state index contributed by atoms with van der Waals surface area (Å²) in [5.41, 5.74) is 2.21.